The highest BCUT2D eigenvalue weighted by molar-refractivity contribution is 5.97. The second-order valence-corrected chi connectivity index (χ2v) is 11.5. The first-order chi connectivity index (χ1) is 18.6. The molecule has 0 unspecified atom stereocenters. The van der Waals surface area contributed by atoms with E-state index in [2.05, 4.69) is 30.3 Å². The van der Waals surface area contributed by atoms with Gasteiger partial charge >= 0.3 is 12.1 Å². The average molecular weight is 533 g/mol. The van der Waals surface area contributed by atoms with Crippen molar-refractivity contribution >= 4 is 28.7 Å². The second-order valence-electron chi connectivity index (χ2n) is 11.5. The quantitative estimate of drug-likeness (QED) is 0.580. The van der Waals surface area contributed by atoms with Crippen molar-refractivity contribution in [3.63, 3.8) is 0 Å². The molecule has 3 aliphatic rings. The molecule has 39 heavy (non-hydrogen) atoms. The lowest BCUT2D eigenvalue weighted by Gasteiger charge is -2.39. The van der Waals surface area contributed by atoms with Crippen LogP contribution in [0.15, 0.2) is 66.4 Å². The number of carbonyl (C=O) groups is 3. The van der Waals surface area contributed by atoms with Crippen LogP contribution < -0.4 is 0 Å². The van der Waals surface area contributed by atoms with Crippen LogP contribution in [0.25, 0.3) is 10.8 Å². The van der Waals surface area contributed by atoms with E-state index < -0.39 is 29.1 Å². The number of benzene rings is 2. The van der Waals surface area contributed by atoms with Crippen molar-refractivity contribution in [1.82, 2.24) is 9.80 Å². The predicted molar refractivity (Wildman–Crippen MR) is 146 cm³/mol. The molecule has 0 radical (unpaired) electrons. The van der Waals surface area contributed by atoms with Gasteiger partial charge in [0, 0.05) is 19.2 Å². The zero-order chi connectivity index (χ0) is 27.9. The normalized spacial score (nSPS) is 26.4. The number of carbonyl (C=O) groups excluding carboxylic acids is 3. The lowest BCUT2D eigenvalue weighted by molar-refractivity contribution is -0.152. The van der Waals surface area contributed by atoms with Gasteiger partial charge in [-0.25, -0.2) is 4.79 Å². The van der Waals surface area contributed by atoms with Gasteiger partial charge < -0.3 is 19.5 Å². The summed E-state index contributed by atoms with van der Waals surface area (Å²) in [6.45, 7) is 3.90. The number of rotatable bonds is 5. The van der Waals surface area contributed by atoms with Crippen molar-refractivity contribution in [3.05, 3.63) is 72.0 Å². The summed E-state index contributed by atoms with van der Waals surface area (Å²) in [6, 6.07) is 13.4. The van der Waals surface area contributed by atoms with Crippen LogP contribution in [-0.4, -0.2) is 71.3 Å². The maximum Gasteiger partial charge on any atom is 0.414 e. The van der Waals surface area contributed by atoms with E-state index in [4.69, 9.17) is 9.47 Å². The van der Waals surface area contributed by atoms with Crippen LogP contribution in [0.3, 0.4) is 0 Å². The van der Waals surface area contributed by atoms with Gasteiger partial charge in [0.05, 0.1) is 42.9 Å². The first kappa shape index (κ1) is 26.9. The molecule has 1 saturated heterocycles. The van der Waals surface area contributed by atoms with E-state index in [1.165, 1.54) is 25.3 Å². The van der Waals surface area contributed by atoms with E-state index in [0.717, 1.165) is 29.2 Å². The standard InChI is InChI=1S/C31H36N2O6/c1-30(2,28(35)38-3)25-12-11-24(19-33(25)29(36)39-4)27(34)32-16-14-22-13-15-31(37,26(22)32)18-20-9-10-21-7-5-6-8-23(21)17-20/h5-12,17,19,22,25-26,37H,13-16,18H2,1-4H3/t22-,25+,26+,31+/m1/s1. The van der Waals surface area contributed by atoms with Crippen LogP contribution in [0.1, 0.15) is 38.7 Å². The molecular weight excluding hydrogens is 496 g/mol. The number of esters is 1. The van der Waals surface area contributed by atoms with Crippen molar-refractivity contribution in [2.24, 2.45) is 11.3 Å². The Morgan fingerprint density at radius 2 is 1.79 bits per heavy atom. The zero-order valence-electron chi connectivity index (χ0n) is 22.9. The molecule has 0 aromatic heterocycles. The fourth-order valence-electron chi connectivity index (χ4n) is 6.69. The van der Waals surface area contributed by atoms with Gasteiger partial charge in [-0.2, -0.15) is 0 Å². The molecule has 0 bridgehead atoms. The van der Waals surface area contributed by atoms with Gasteiger partial charge in [-0.1, -0.05) is 48.5 Å². The van der Waals surface area contributed by atoms with E-state index in [1.807, 2.05) is 12.1 Å². The SMILES string of the molecule is COC(=O)N1C=C(C(=O)N2CC[C@H]3CC[C@](O)(Cc4ccc5ccccc5c4)[C@H]32)C=C[C@H]1C(C)(C)C(=O)OC. The van der Waals surface area contributed by atoms with Crippen LogP contribution in [0.5, 0.6) is 0 Å². The fraction of sp³-hybridized carbons (Fsp3) is 0.452. The van der Waals surface area contributed by atoms with E-state index in [9.17, 15) is 19.5 Å². The Balaban J connectivity index is 1.41. The van der Waals surface area contributed by atoms with Crippen molar-refractivity contribution in [2.45, 2.75) is 57.2 Å². The molecule has 2 amide bonds. The monoisotopic (exact) mass is 532 g/mol. The fourth-order valence-corrected chi connectivity index (χ4v) is 6.69. The van der Waals surface area contributed by atoms with E-state index in [0.29, 0.717) is 25.0 Å². The molecule has 2 aromatic carbocycles. The molecule has 8 nitrogen and oxygen atoms in total. The summed E-state index contributed by atoms with van der Waals surface area (Å²) < 4.78 is 9.93. The summed E-state index contributed by atoms with van der Waals surface area (Å²) in [5.74, 6) is -0.516. The van der Waals surface area contributed by atoms with Crippen LogP contribution in [-0.2, 0) is 25.5 Å². The third-order valence-electron chi connectivity index (χ3n) is 8.73. The van der Waals surface area contributed by atoms with Gasteiger partial charge in [0.15, 0.2) is 0 Å². The van der Waals surface area contributed by atoms with Gasteiger partial charge in [-0.05, 0) is 61.4 Å². The van der Waals surface area contributed by atoms with E-state index in [1.54, 1.807) is 30.9 Å². The highest BCUT2D eigenvalue weighted by Gasteiger charge is 2.54. The molecule has 8 heteroatoms. The minimum absolute atomic E-state index is 0.218. The first-order valence-corrected chi connectivity index (χ1v) is 13.4. The zero-order valence-corrected chi connectivity index (χ0v) is 22.9. The summed E-state index contributed by atoms with van der Waals surface area (Å²) in [7, 11) is 2.56. The van der Waals surface area contributed by atoms with Crippen molar-refractivity contribution in [2.75, 3.05) is 20.8 Å². The average Bonchev–Trinajstić information content (AvgIpc) is 3.52. The van der Waals surface area contributed by atoms with Crippen molar-refractivity contribution in [3.8, 4) is 0 Å². The number of aliphatic hydroxyl groups is 1. The molecule has 206 valence electrons. The topological polar surface area (TPSA) is 96.4 Å². The van der Waals surface area contributed by atoms with Gasteiger partial charge in [-0.15, -0.1) is 0 Å². The predicted octanol–water partition coefficient (Wildman–Crippen LogP) is 4.21. The van der Waals surface area contributed by atoms with Crippen LogP contribution in [0.2, 0.25) is 0 Å². The summed E-state index contributed by atoms with van der Waals surface area (Å²) in [4.78, 5) is 42.1. The van der Waals surface area contributed by atoms with Gasteiger partial charge in [0.1, 0.15) is 0 Å². The maximum absolute atomic E-state index is 13.9. The maximum atomic E-state index is 13.9. The van der Waals surface area contributed by atoms with Gasteiger partial charge in [-0.3, -0.25) is 14.5 Å². The Bertz CT molecular complexity index is 1360. The minimum Gasteiger partial charge on any atom is -0.469 e. The Labute approximate surface area is 228 Å². The lowest BCUT2D eigenvalue weighted by atomic mass is 9.82. The number of likely N-dealkylation sites (tertiary alicyclic amines) is 1. The molecular formula is C31H36N2O6. The van der Waals surface area contributed by atoms with Crippen molar-refractivity contribution < 1.29 is 29.0 Å². The van der Waals surface area contributed by atoms with E-state index in [-0.39, 0.29) is 17.9 Å². The Hall–Kier alpha value is -3.65. The molecule has 4 atom stereocenters. The van der Waals surface area contributed by atoms with Crippen LogP contribution >= 0.6 is 0 Å². The molecule has 1 aliphatic carbocycles. The van der Waals surface area contributed by atoms with Crippen LogP contribution in [0.4, 0.5) is 4.79 Å². The Morgan fingerprint density at radius 3 is 2.51 bits per heavy atom. The number of nitrogens with zero attached hydrogens (tertiary/aromatic N) is 2. The number of amides is 2. The third kappa shape index (κ3) is 4.71. The number of fused-ring (bicyclic) bond motifs is 2. The summed E-state index contributed by atoms with van der Waals surface area (Å²) >= 11 is 0. The highest BCUT2D eigenvalue weighted by atomic mass is 16.5. The molecule has 2 fully saturated rings. The number of hydrogen-bond donors (Lipinski definition) is 1. The minimum atomic E-state index is -1.07. The van der Waals surface area contributed by atoms with Gasteiger partial charge in [0.25, 0.3) is 5.91 Å². The summed E-state index contributed by atoms with van der Waals surface area (Å²) in [6.07, 6.45) is 6.86. The largest absolute Gasteiger partial charge is 0.469 e. The summed E-state index contributed by atoms with van der Waals surface area (Å²) in [5.41, 5.74) is -0.777. The van der Waals surface area contributed by atoms with Gasteiger partial charge in [0.2, 0.25) is 0 Å². The molecule has 5 rings (SSSR count). The first-order valence-electron chi connectivity index (χ1n) is 13.4. The number of methoxy groups -OCH3 is 2. The Morgan fingerprint density at radius 1 is 1.05 bits per heavy atom. The highest BCUT2D eigenvalue weighted by Crippen LogP contribution is 2.46. The van der Waals surface area contributed by atoms with E-state index >= 15 is 0 Å². The second kappa shape index (κ2) is 10.2. The summed E-state index contributed by atoms with van der Waals surface area (Å²) in [5, 5.41) is 14.2. The van der Waals surface area contributed by atoms with Crippen LogP contribution in [0, 0.1) is 11.3 Å². The molecule has 2 aliphatic heterocycles. The molecule has 0 spiro atoms. The third-order valence-corrected chi connectivity index (χ3v) is 8.73. The molecule has 2 aromatic rings. The number of ether oxygens (including phenoxy) is 2. The molecule has 2 heterocycles. The smallest absolute Gasteiger partial charge is 0.414 e. The Kier molecular flexibility index (Phi) is 7.01. The lowest BCUT2D eigenvalue weighted by Crippen LogP contribution is -2.53. The molecule has 1 N–H and O–H groups in total. The van der Waals surface area contributed by atoms with Crippen molar-refractivity contribution in [1.29, 1.82) is 0 Å². The number of hydrogen-bond acceptors (Lipinski definition) is 6. The molecule has 1 saturated carbocycles.